The van der Waals surface area contributed by atoms with Crippen LogP contribution in [-0.4, -0.2) is 43.3 Å². The van der Waals surface area contributed by atoms with Crippen LogP contribution >= 0.6 is 0 Å². The van der Waals surface area contributed by atoms with Gasteiger partial charge in [-0.3, -0.25) is 5.32 Å². The number of ether oxygens (including phenoxy) is 1. The number of benzene rings is 3. The van der Waals surface area contributed by atoms with E-state index in [1.807, 2.05) is 49.4 Å². The molecule has 1 aliphatic heterocycles. The van der Waals surface area contributed by atoms with Crippen molar-refractivity contribution in [2.24, 2.45) is 5.92 Å². The number of halogens is 1. The van der Waals surface area contributed by atoms with Gasteiger partial charge in [0.15, 0.2) is 9.84 Å². The Labute approximate surface area is 261 Å². The normalized spacial score (nSPS) is 19.8. The molecule has 3 atom stereocenters. The second-order valence-corrected chi connectivity index (χ2v) is 15.0. The average Bonchev–Trinajstić information content (AvgIpc) is 2.97. The second kappa shape index (κ2) is 14.7. The van der Waals surface area contributed by atoms with Crippen molar-refractivity contribution in [1.29, 1.82) is 0 Å². The molecule has 0 saturated carbocycles. The number of nitrogens with one attached hydrogen (secondary N) is 2. The number of aliphatic hydroxyl groups excluding tert-OH is 1. The van der Waals surface area contributed by atoms with Crippen LogP contribution in [0.4, 0.5) is 14.9 Å². The number of sulfone groups is 1. The second-order valence-electron chi connectivity index (χ2n) is 12.9. The molecule has 1 aliphatic rings. The van der Waals surface area contributed by atoms with Gasteiger partial charge in [-0.1, -0.05) is 94.8 Å². The highest BCUT2D eigenvalue weighted by Crippen LogP contribution is 2.29. The molecule has 9 heteroatoms. The first-order valence-electron chi connectivity index (χ1n) is 15.3. The van der Waals surface area contributed by atoms with Crippen LogP contribution in [0.25, 0.3) is 0 Å². The highest BCUT2D eigenvalue weighted by molar-refractivity contribution is 7.91. The van der Waals surface area contributed by atoms with Crippen LogP contribution < -0.4 is 10.6 Å². The topological polar surface area (TPSA) is 105 Å². The summed E-state index contributed by atoms with van der Waals surface area (Å²) in [5.41, 5.74) is 4.24. The van der Waals surface area contributed by atoms with E-state index >= 15 is 4.39 Å². The highest BCUT2D eigenvalue weighted by atomic mass is 32.2. The van der Waals surface area contributed by atoms with Gasteiger partial charge in [0.25, 0.3) is 0 Å². The summed E-state index contributed by atoms with van der Waals surface area (Å²) in [5, 5.41) is 17.1. The monoisotopic (exact) mass is 624 g/mol. The SMILES string of the molecule is CCCCc1cc(C[C@@H]2CS(=O)(=O)C[C@H](NCc3cccc(C(C)(C)C)c3)[C@H]2O)cc(F)c1NC(=O)OCc1ccccc1. The standard InChI is InChI=1S/C35H45FN2O5S/c1-5-6-14-27-16-26(19-30(36)32(27)38-34(40)43-21-24-11-8-7-9-12-24)17-28-22-44(41,42)23-31(33(28)39)37-20-25-13-10-15-29(18-25)35(2,3)4/h7-13,15-16,18-19,28,31,33,37,39H,5-6,14,17,20-23H2,1-4H3,(H,38,40)/t28-,31+,33+/m1/s1. The Morgan fingerprint density at radius 2 is 1.73 bits per heavy atom. The third kappa shape index (κ3) is 9.36. The van der Waals surface area contributed by atoms with Crippen molar-refractivity contribution < 1.29 is 27.4 Å². The van der Waals surface area contributed by atoms with Crippen molar-refractivity contribution in [3.8, 4) is 0 Å². The number of aliphatic hydroxyl groups is 1. The fourth-order valence-corrected chi connectivity index (χ4v) is 7.63. The molecule has 7 nitrogen and oxygen atoms in total. The van der Waals surface area contributed by atoms with E-state index in [2.05, 4.69) is 43.5 Å². The van der Waals surface area contributed by atoms with Crippen molar-refractivity contribution in [2.75, 3.05) is 16.8 Å². The maximum absolute atomic E-state index is 15.5. The largest absolute Gasteiger partial charge is 0.444 e. The zero-order chi connectivity index (χ0) is 31.9. The van der Waals surface area contributed by atoms with Crippen LogP contribution in [0.1, 0.15) is 68.4 Å². The number of carbonyl (C=O) groups is 1. The van der Waals surface area contributed by atoms with Crippen molar-refractivity contribution in [2.45, 2.75) is 84.1 Å². The van der Waals surface area contributed by atoms with Crippen LogP contribution in [0.5, 0.6) is 0 Å². The molecule has 4 rings (SSSR count). The third-order valence-corrected chi connectivity index (χ3v) is 9.93. The van der Waals surface area contributed by atoms with Crippen LogP contribution in [0.2, 0.25) is 0 Å². The van der Waals surface area contributed by atoms with E-state index in [4.69, 9.17) is 4.74 Å². The number of aryl methyl sites for hydroxylation is 1. The lowest BCUT2D eigenvalue weighted by atomic mass is 9.86. The van der Waals surface area contributed by atoms with E-state index < -0.39 is 39.8 Å². The zero-order valence-corrected chi connectivity index (χ0v) is 26.9. The summed E-state index contributed by atoms with van der Waals surface area (Å²) in [6, 6.07) is 19.8. The molecule has 3 aromatic carbocycles. The van der Waals surface area contributed by atoms with Gasteiger partial charge in [-0.25, -0.2) is 17.6 Å². The molecule has 0 radical (unpaired) electrons. The third-order valence-electron chi connectivity index (χ3n) is 8.13. The summed E-state index contributed by atoms with van der Waals surface area (Å²) >= 11 is 0. The minimum atomic E-state index is -3.45. The minimum Gasteiger partial charge on any atom is -0.444 e. The lowest BCUT2D eigenvalue weighted by Gasteiger charge is -2.35. The molecule has 0 bridgehead atoms. The van der Waals surface area contributed by atoms with Crippen LogP contribution in [0.3, 0.4) is 0 Å². The van der Waals surface area contributed by atoms with E-state index in [0.29, 0.717) is 24.1 Å². The molecular weight excluding hydrogens is 579 g/mol. The van der Waals surface area contributed by atoms with Crippen molar-refractivity contribution in [3.63, 3.8) is 0 Å². The predicted molar refractivity (Wildman–Crippen MR) is 173 cm³/mol. The molecule has 1 amide bonds. The number of anilines is 1. The molecule has 238 valence electrons. The Morgan fingerprint density at radius 1 is 1.00 bits per heavy atom. The van der Waals surface area contributed by atoms with Gasteiger partial charge in [0.1, 0.15) is 12.4 Å². The molecule has 3 aromatic rings. The van der Waals surface area contributed by atoms with Gasteiger partial charge >= 0.3 is 6.09 Å². The molecule has 0 unspecified atom stereocenters. The minimum absolute atomic E-state index is 0.0202. The average molecular weight is 625 g/mol. The molecule has 1 saturated heterocycles. The Hall–Kier alpha value is -3.27. The van der Waals surface area contributed by atoms with Crippen molar-refractivity contribution in [3.05, 3.63) is 100 Å². The number of hydrogen-bond donors (Lipinski definition) is 3. The van der Waals surface area contributed by atoms with Crippen LogP contribution in [-0.2, 0) is 46.0 Å². The van der Waals surface area contributed by atoms with E-state index in [1.54, 1.807) is 6.07 Å². The Bertz CT molecular complexity index is 1520. The Kier molecular flexibility index (Phi) is 11.2. The Balaban J connectivity index is 1.47. The summed E-state index contributed by atoms with van der Waals surface area (Å²) in [4.78, 5) is 12.5. The van der Waals surface area contributed by atoms with Gasteiger partial charge in [0, 0.05) is 18.5 Å². The molecule has 1 heterocycles. The van der Waals surface area contributed by atoms with Crippen LogP contribution in [0, 0.1) is 11.7 Å². The highest BCUT2D eigenvalue weighted by Gasteiger charge is 2.39. The molecular formula is C35H45FN2O5S. The summed E-state index contributed by atoms with van der Waals surface area (Å²) in [6.07, 6.45) is 0.673. The van der Waals surface area contributed by atoms with Gasteiger partial charge in [-0.15, -0.1) is 0 Å². The fraction of sp³-hybridized carbons (Fsp3) is 0.457. The first kappa shape index (κ1) is 33.6. The lowest BCUT2D eigenvalue weighted by molar-refractivity contribution is 0.0780. The van der Waals surface area contributed by atoms with Gasteiger partial charge in [0.05, 0.1) is 23.3 Å². The fourth-order valence-electron chi connectivity index (χ4n) is 5.66. The first-order chi connectivity index (χ1) is 20.8. The molecule has 0 aromatic heterocycles. The van der Waals surface area contributed by atoms with E-state index in [9.17, 15) is 18.3 Å². The molecule has 0 aliphatic carbocycles. The lowest BCUT2D eigenvalue weighted by Crippen LogP contribution is -2.54. The Morgan fingerprint density at radius 3 is 2.43 bits per heavy atom. The number of hydrogen-bond acceptors (Lipinski definition) is 6. The zero-order valence-electron chi connectivity index (χ0n) is 26.1. The number of carbonyl (C=O) groups excluding carboxylic acids is 1. The van der Waals surface area contributed by atoms with Crippen LogP contribution in [0.15, 0.2) is 66.7 Å². The van der Waals surface area contributed by atoms with Gasteiger partial charge in [0.2, 0.25) is 0 Å². The maximum Gasteiger partial charge on any atom is 0.412 e. The molecule has 0 spiro atoms. The summed E-state index contributed by atoms with van der Waals surface area (Å²) in [7, 11) is -3.45. The maximum atomic E-state index is 15.5. The smallest absolute Gasteiger partial charge is 0.412 e. The van der Waals surface area contributed by atoms with E-state index in [-0.39, 0.29) is 35.6 Å². The van der Waals surface area contributed by atoms with E-state index in [1.165, 1.54) is 11.6 Å². The predicted octanol–water partition coefficient (Wildman–Crippen LogP) is 6.32. The molecule has 1 fully saturated rings. The van der Waals surface area contributed by atoms with E-state index in [0.717, 1.165) is 24.0 Å². The van der Waals surface area contributed by atoms with Gasteiger partial charge in [-0.05, 0) is 58.6 Å². The van der Waals surface area contributed by atoms with Gasteiger partial charge in [-0.2, -0.15) is 0 Å². The first-order valence-corrected chi connectivity index (χ1v) is 17.2. The summed E-state index contributed by atoms with van der Waals surface area (Å²) in [5.74, 6) is -1.57. The number of unbranched alkanes of at least 4 members (excludes halogenated alkanes) is 1. The van der Waals surface area contributed by atoms with Gasteiger partial charge < -0.3 is 15.2 Å². The van der Waals surface area contributed by atoms with Crippen molar-refractivity contribution >= 4 is 21.6 Å². The van der Waals surface area contributed by atoms with Crippen molar-refractivity contribution in [1.82, 2.24) is 5.32 Å². The summed E-state index contributed by atoms with van der Waals surface area (Å²) in [6.45, 7) is 8.92. The molecule has 44 heavy (non-hydrogen) atoms. The summed E-state index contributed by atoms with van der Waals surface area (Å²) < 4.78 is 46.7. The number of rotatable bonds is 11. The quantitative estimate of drug-likeness (QED) is 0.231. The molecule has 3 N–H and O–H groups in total. The number of amides is 1.